The Morgan fingerprint density at radius 2 is 2.00 bits per heavy atom. The van der Waals surface area contributed by atoms with E-state index in [9.17, 15) is 30.3 Å². The first-order chi connectivity index (χ1) is 11.2. The zero-order chi connectivity index (χ0) is 17.8. The minimum absolute atomic E-state index is 0.0132. The van der Waals surface area contributed by atoms with Crippen LogP contribution in [0.3, 0.4) is 0 Å². The maximum absolute atomic E-state index is 11.5. The van der Waals surface area contributed by atoms with Crippen molar-refractivity contribution in [2.75, 3.05) is 0 Å². The summed E-state index contributed by atoms with van der Waals surface area (Å²) in [5.41, 5.74) is -2.04. The van der Waals surface area contributed by atoms with E-state index in [0.717, 1.165) is 0 Å². The molecule has 2 aromatic rings. The molecule has 1 aromatic carbocycles. The molecule has 1 saturated heterocycles. The molecular weight excluding hydrogens is 410 g/mol. The number of carbonyl (C=O) groups is 1. The third kappa shape index (κ3) is 2.44. The number of hydrogen-bond acceptors (Lipinski definition) is 6. The lowest BCUT2D eigenvalue weighted by atomic mass is 9.78. The number of fused-ring (bicyclic) bond motifs is 1. The van der Waals surface area contributed by atoms with Gasteiger partial charge in [-0.05, 0) is 28.1 Å². The smallest absolute Gasteiger partial charge is 0.336 e. The van der Waals surface area contributed by atoms with E-state index in [1.807, 2.05) is 0 Å². The van der Waals surface area contributed by atoms with Crippen molar-refractivity contribution in [1.29, 1.82) is 0 Å². The highest BCUT2D eigenvalue weighted by molar-refractivity contribution is 9.10. The van der Waals surface area contributed by atoms with E-state index in [1.165, 1.54) is 12.3 Å². The second kappa shape index (κ2) is 5.95. The molecule has 3 rings (SSSR count). The van der Waals surface area contributed by atoms with Crippen molar-refractivity contribution in [3.05, 3.63) is 33.4 Å². The average molecular weight is 423 g/mol. The number of carboxylic acid groups (broad SMARTS) is 1. The van der Waals surface area contributed by atoms with Crippen molar-refractivity contribution < 1.29 is 35.1 Å². The van der Waals surface area contributed by atoms with Crippen LogP contribution in [-0.4, -0.2) is 61.1 Å². The van der Waals surface area contributed by atoms with Crippen LogP contribution in [0.15, 0.2) is 22.8 Å². The zero-order valence-electron chi connectivity index (χ0n) is 11.8. The van der Waals surface area contributed by atoms with E-state index in [4.69, 9.17) is 16.3 Å². The number of rotatable bonds is 2. The van der Waals surface area contributed by atoms with Gasteiger partial charge in [0, 0.05) is 27.1 Å². The average Bonchev–Trinajstić information content (AvgIpc) is 2.92. The minimum atomic E-state index is -2.50. The summed E-state index contributed by atoms with van der Waals surface area (Å²) in [6.45, 7) is 0. The molecular formula is C14H13BrClNO7. The number of benzene rings is 1. The molecule has 0 spiro atoms. The van der Waals surface area contributed by atoms with E-state index >= 15 is 0 Å². The van der Waals surface area contributed by atoms with Gasteiger partial charge in [-0.1, -0.05) is 11.6 Å². The summed E-state index contributed by atoms with van der Waals surface area (Å²) in [4.78, 5) is 14.3. The largest absolute Gasteiger partial charge is 0.479 e. The zero-order valence-corrected chi connectivity index (χ0v) is 14.2. The number of aromatic nitrogens is 1. The molecule has 0 amide bonds. The van der Waals surface area contributed by atoms with E-state index in [0.29, 0.717) is 20.4 Å². The first-order valence-corrected chi connectivity index (χ1v) is 7.96. The summed E-state index contributed by atoms with van der Waals surface area (Å²) < 4.78 is 5.30. The Morgan fingerprint density at radius 1 is 1.33 bits per heavy atom. The normalized spacial score (nSPS) is 33.8. The summed E-state index contributed by atoms with van der Waals surface area (Å²) in [6.07, 6.45) is -6.56. The third-order valence-electron chi connectivity index (χ3n) is 4.12. The molecule has 1 aliphatic heterocycles. The van der Waals surface area contributed by atoms with Gasteiger partial charge in [-0.25, -0.2) is 4.79 Å². The van der Waals surface area contributed by atoms with Crippen molar-refractivity contribution in [2.24, 2.45) is 0 Å². The predicted molar refractivity (Wildman–Crippen MR) is 85.4 cm³/mol. The highest BCUT2D eigenvalue weighted by Crippen LogP contribution is 2.42. The van der Waals surface area contributed by atoms with Crippen LogP contribution in [0.25, 0.3) is 10.9 Å². The van der Waals surface area contributed by atoms with Gasteiger partial charge in [-0.15, -0.1) is 0 Å². The first kappa shape index (κ1) is 17.6. The molecule has 1 aliphatic rings. The number of aliphatic hydroxyl groups excluding tert-OH is 3. The summed E-state index contributed by atoms with van der Waals surface area (Å²) in [5.74, 6) is -1.61. The van der Waals surface area contributed by atoms with Crippen molar-refractivity contribution in [2.45, 2.75) is 30.2 Å². The van der Waals surface area contributed by atoms with Crippen LogP contribution >= 0.6 is 27.5 Å². The molecule has 1 aromatic heterocycles. The number of hydrogen-bond donors (Lipinski definition) is 6. The number of aliphatic hydroxyl groups is 4. The van der Waals surface area contributed by atoms with Crippen LogP contribution in [0.2, 0.25) is 5.02 Å². The molecule has 8 nitrogen and oxygen atoms in total. The van der Waals surface area contributed by atoms with Gasteiger partial charge in [-0.2, -0.15) is 0 Å². The van der Waals surface area contributed by atoms with Crippen LogP contribution in [0, 0.1) is 0 Å². The van der Waals surface area contributed by atoms with Crippen molar-refractivity contribution in [3.63, 3.8) is 0 Å². The number of ether oxygens (including phenoxy) is 1. The fourth-order valence-electron chi connectivity index (χ4n) is 2.89. The number of halogens is 2. The monoisotopic (exact) mass is 421 g/mol. The van der Waals surface area contributed by atoms with Crippen LogP contribution in [0.1, 0.15) is 5.56 Å². The second-order valence-corrected chi connectivity index (χ2v) is 6.78. The van der Waals surface area contributed by atoms with Crippen molar-refractivity contribution in [3.8, 4) is 0 Å². The lowest BCUT2D eigenvalue weighted by molar-refractivity contribution is -0.316. The Kier molecular flexibility index (Phi) is 4.37. The number of carboxylic acids is 1. The van der Waals surface area contributed by atoms with Gasteiger partial charge < -0.3 is 35.3 Å². The van der Waals surface area contributed by atoms with Crippen molar-refractivity contribution >= 4 is 44.4 Å². The molecule has 0 aliphatic carbocycles. The molecule has 2 heterocycles. The lowest BCUT2D eigenvalue weighted by Crippen LogP contribution is -2.65. The van der Waals surface area contributed by atoms with Gasteiger partial charge >= 0.3 is 5.97 Å². The Morgan fingerprint density at radius 3 is 2.62 bits per heavy atom. The maximum atomic E-state index is 11.5. The molecule has 5 atom stereocenters. The first-order valence-electron chi connectivity index (χ1n) is 6.79. The SMILES string of the molecule is O=C(O)[C@H]1O[C@@H](O)[C@H](O)[C@@H](O)[C@@]1(O)c1c[nH]c2cc(Cl)c(Br)cc12. The van der Waals surface area contributed by atoms with Gasteiger partial charge in [0.2, 0.25) is 0 Å². The number of H-pyrrole nitrogens is 1. The molecule has 10 heteroatoms. The predicted octanol–water partition coefficient (Wildman–Crippen LogP) is 0.295. The van der Waals surface area contributed by atoms with Gasteiger partial charge in [0.25, 0.3) is 0 Å². The van der Waals surface area contributed by atoms with Gasteiger partial charge in [0.15, 0.2) is 18.0 Å². The van der Waals surface area contributed by atoms with Gasteiger partial charge in [-0.3, -0.25) is 0 Å². The molecule has 0 saturated carbocycles. The number of aliphatic carboxylic acids is 1. The summed E-state index contributed by atoms with van der Waals surface area (Å²) >= 11 is 9.23. The fourth-order valence-corrected chi connectivity index (χ4v) is 3.40. The summed E-state index contributed by atoms with van der Waals surface area (Å²) in [6, 6.07) is 3.08. The quantitative estimate of drug-likeness (QED) is 0.408. The molecule has 24 heavy (non-hydrogen) atoms. The van der Waals surface area contributed by atoms with E-state index in [1.54, 1.807) is 6.07 Å². The highest BCUT2D eigenvalue weighted by Gasteiger charge is 2.59. The summed E-state index contributed by atoms with van der Waals surface area (Å²) in [7, 11) is 0. The second-order valence-electron chi connectivity index (χ2n) is 5.52. The molecule has 130 valence electrons. The molecule has 0 radical (unpaired) electrons. The van der Waals surface area contributed by atoms with E-state index < -0.39 is 36.2 Å². The van der Waals surface area contributed by atoms with Crippen LogP contribution in [-0.2, 0) is 15.1 Å². The minimum Gasteiger partial charge on any atom is -0.479 e. The van der Waals surface area contributed by atoms with Crippen LogP contribution in [0.4, 0.5) is 0 Å². The van der Waals surface area contributed by atoms with Crippen LogP contribution < -0.4 is 0 Å². The summed E-state index contributed by atoms with van der Waals surface area (Å²) in [5, 5.41) is 50.7. The lowest BCUT2D eigenvalue weighted by Gasteiger charge is -2.45. The Labute approximate surface area is 148 Å². The standard InChI is InChI=1S/C14H13BrClNO7/c15-6-1-4-5(3-17-8(4)2-7(6)16)14(23)10(19)9(18)13(22)24-11(14)12(20)21/h1-3,9-11,13,17-19,22-23H,(H,20,21)/t9-,10-,11-,13-,14+/m1/s1. The van der Waals surface area contributed by atoms with Crippen LogP contribution in [0.5, 0.6) is 0 Å². The van der Waals surface area contributed by atoms with E-state index in [-0.39, 0.29) is 5.56 Å². The molecule has 1 fully saturated rings. The molecule has 6 N–H and O–H groups in total. The Balaban J connectivity index is 2.23. The fraction of sp³-hybridized carbons (Fsp3) is 0.357. The molecule has 0 bridgehead atoms. The molecule has 0 unspecified atom stereocenters. The van der Waals surface area contributed by atoms with Gasteiger partial charge in [0.1, 0.15) is 12.2 Å². The Bertz CT molecular complexity index is 812. The van der Waals surface area contributed by atoms with Crippen molar-refractivity contribution in [1.82, 2.24) is 4.98 Å². The maximum Gasteiger partial charge on any atom is 0.336 e. The third-order valence-corrected chi connectivity index (χ3v) is 5.32. The van der Waals surface area contributed by atoms with Gasteiger partial charge in [0.05, 0.1) is 5.02 Å². The highest BCUT2D eigenvalue weighted by atomic mass is 79.9. The Hall–Kier alpha value is -1.20. The number of aromatic amines is 1. The van der Waals surface area contributed by atoms with E-state index in [2.05, 4.69) is 20.9 Å². The topological polar surface area (TPSA) is 143 Å². The number of nitrogens with one attached hydrogen (secondary N) is 1.